The Hall–Kier alpha value is 0.170. The van der Waals surface area contributed by atoms with Gasteiger partial charge in [-0.25, -0.2) is 0 Å². The Morgan fingerprint density at radius 2 is 2.40 bits per heavy atom. The maximum Gasteiger partial charge on any atom is 0.156 e. The van der Waals surface area contributed by atoms with Crippen molar-refractivity contribution in [1.82, 2.24) is 5.32 Å². The van der Waals surface area contributed by atoms with Gasteiger partial charge in [0.1, 0.15) is 0 Å². The van der Waals surface area contributed by atoms with Gasteiger partial charge in [-0.05, 0) is 25.5 Å². The summed E-state index contributed by atoms with van der Waals surface area (Å²) in [7, 11) is 0. The van der Waals surface area contributed by atoms with Gasteiger partial charge in [-0.2, -0.15) is 11.8 Å². The number of nitrogens with one attached hydrogen (secondary N) is 1. The molecule has 1 aliphatic carbocycles. The van der Waals surface area contributed by atoms with Crippen molar-refractivity contribution >= 4 is 28.7 Å². The van der Waals surface area contributed by atoms with Gasteiger partial charge in [0.15, 0.2) is 5.17 Å². The highest BCUT2D eigenvalue weighted by molar-refractivity contribution is 8.14. The van der Waals surface area contributed by atoms with Gasteiger partial charge in [0, 0.05) is 16.5 Å². The monoisotopic (exact) mass is 244 g/mol. The van der Waals surface area contributed by atoms with Gasteiger partial charge >= 0.3 is 0 Å². The van der Waals surface area contributed by atoms with Crippen molar-refractivity contribution in [2.75, 3.05) is 18.6 Å². The van der Waals surface area contributed by atoms with Crippen molar-refractivity contribution in [3.8, 4) is 0 Å². The lowest BCUT2D eigenvalue weighted by atomic mass is 9.84. The Morgan fingerprint density at radius 3 is 2.87 bits per heavy atom. The molecule has 0 aromatic carbocycles. The van der Waals surface area contributed by atoms with E-state index in [1.807, 2.05) is 23.5 Å². The topological polar surface area (TPSA) is 24.4 Å². The standard InChI is InChI=1S/C11H20N2S2/c1-3-9-7-15-10(13-9)12-8-11(14-2)5-4-6-11/h9H,3-8H2,1-2H3,(H,12,13). The molecule has 1 saturated carbocycles. The molecule has 4 heteroatoms. The van der Waals surface area contributed by atoms with E-state index in [2.05, 4.69) is 18.5 Å². The van der Waals surface area contributed by atoms with E-state index in [0.717, 1.165) is 6.54 Å². The largest absolute Gasteiger partial charge is 0.361 e. The first-order chi connectivity index (χ1) is 7.28. The summed E-state index contributed by atoms with van der Waals surface area (Å²) in [4.78, 5) is 4.73. The number of nitrogens with zero attached hydrogens (tertiary/aromatic N) is 1. The summed E-state index contributed by atoms with van der Waals surface area (Å²) in [5, 5.41) is 4.67. The number of hydrogen-bond donors (Lipinski definition) is 1. The van der Waals surface area contributed by atoms with Crippen molar-refractivity contribution in [1.29, 1.82) is 0 Å². The van der Waals surface area contributed by atoms with E-state index in [1.54, 1.807) is 0 Å². The molecule has 1 aliphatic heterocycles. The minimum absolute atomic E-state index is 0.486. The summed E-state index contributed by atoms with van der Waals surface area (Å²) >= 11 is 3.90. The number of hydrogen-bond acceptors (Lipinski definition) is 3. The highest BCUT2D eigenvalue weighted by Crippen LogP contribution is 2.43. The molecule has 0 radical (unpaired) electrons. The van der Waals surface area contributed by atoms with Gasteiger partial charge in [0.2, 0.25) is 0 Å². The molecule has 15 heavy (non-hydrogen) atoms. The first kappa shape index (κ1) is 11.6. The highest BCUT2D eigenvalue weighted by Gasteiger charge is 2.36. The van der Waals surface area contributed by atoms with Crippen LogP contribution in [-0.4, -0.2) is 34.5 Å². The Bertz CT molecular complexity index is 243. The third-order valence-corrected chi connectivity index (χ3v) is 5.94. The van der Waals surface area contributed by atoms with Crippen molar-refractivity contribution < 1.29 is 0 Å². The Labute approximate surface area is 101 Å². The summed E-state index contributed by atoms with van der Waals surface area (Å²) in [6.45, 7) is 3.25. The number of rotatable bonds is 4. The second kappa shape index (κ2) is 5.00. The third-order valence-electron chi connectivity index (χ3n) is 3.45. The summed E-state index contributed by atoms with van der Waals surface area (Å²) in [6.07, 6.45) is 7.53. The number of amidine groups is 1. The van der Waals surface area contributed by atoms with Gasteiger partial charge < -0.3 is 5.32 Å². The molecule has 2 nitrogen and oxygen atoms in total. The van der Waals surface area contributed by atoms with Crippen molar-refractivity contribution in [3.63, 3.8) is 0 Å². The Morgan fingerprint density at radius 1 is 1.60 bits per heavy atom. The van der Waals surface area contributed by atoms with E-state index in [0.29, 0.717) is 10.8 Å². The average Bonchev–Trinajstić information content (AvgIpc) is 2.65. The van der Waals surface area contributed by atoms with E-state index in [1.165, 1.54) is 36.6 Å². The van der Waals surface area contributed by atoms with Crippen molar-refractivity contribution in [2.24, 2.45) is 4.99 Å². The lowest BCUT2D eigenvalue weighted by Gasteiger charge is -2.39. The molecule has 1 atom stereocenters. The normalized spacial score (nSPS) is 31.3. The molecule has 0 aromatic rings. The molecule has 1 heterocycles. The maximum atomic E-state index is 4.73. The zero-order chi connectivity index (χ0) is 10.7. The molecule has 2 rings (SSSR count). The predicted octanol–water partition coefficient (Wildman–Crippen LogP) is 2.74. The molecular formula is C11H20N2S2. The molecule has 0 spiro atoms. The van der Waals surface area contributed by atoms with Crippen LogP contribution in [0.15, 0.2) is 4.99 Å². The van der Waals surface area contributed by atoms with E-state index >= 15 is 0 Å². The lowest BCUT2D eigenvalue weighted by Crippen LogP contribution is -2.37. The van der Waals surface area contributed by atoms with Crippen molar-refractivity contribution in [3.05, 3.63) is 0 Å². The quantitative estimate of drug-likeness (QED) is 0.823. The summed E-state index contributed by atoms with van der Waals surface area (Å²) in [5.74, 6) is 1.20. The Balaban J connectivity index is 1.83. The summed E-state index contributed by atoms with van der Waals surface area (Å²) < 4.78 is 0.486. The molecular weight excluding hydrogens is 224 g/mol. The second-order valence-electron chi connectivity index (χ2n) is 4.42. The number of aliphatic imine (C=N–C) groups is 1. The fraction of sp³-hybridized carbons (Fsp3) is 0.909. The lowest BCUT2D eigenvalue weighted by molar-refractivity contribution is 0.372. The van der Waals surface area contributed by atoms with Gasteiger partial charge in [-0.3, -0.25) is 4.99 Å². The van der Waals surface area contributed by atoms with E-state index in [4.69, 9.17) is 4.99 Å². The molecule has 1 unspecified atom stereocenters. The van der Waals surface area contributed by atoms with Crippen LogP contribution in [0.1, 0.15) is 32.6 Å². The second-order valence-corrected chi connectivity index (χ2v) is 6.71. The van der Waals surface area contributed by atoms with Crippen LogP contribution in [0.25, 0.3) is 0 Å². The van der Waals surface area contributed by atoms with Crippen LogP contribution in [0, 0.1) is 0 Å². The van der Waals surface area contributed by atoms with Crippen LogP contribution in [-0.2, 0) is 0 Å². The predicted molar refractivity (Wildman–Crippen MR) is 72.1 cm³/mol. The molecule has 2 aliphatic rings. The minimum Gasteiger partial charge on any atom is -0.361 e. The van der Waals surface area contributed by atoms with Crippen LogP contribution >= 0.6 is 23.5 Å². The average molecular weight is 244 g/mol. The van der Waals surface area contributed by atoms with Crippen molar-refractivity contribution in [2.45, 2.75) is 43.4 Å². The maximum absolute atomic E-state index is 4.73. The fourth-order valence-corrected chi connectivity index (χ4v) is 3.94. The summed E-state index contributed by atoms with van der Waals surface area (Å²) in [5.41, 5.74) is 0. The molecule has 86 valence electrons. The smallest absolute Gasteiger partial charge is 0.156 e. The highest BCUT2D eigenvalue weighted by atomic mass is 32.2. The SMILES string of the molecule is CCC1CSC(=NCC2(SC)CCC2)N1. The molecule has 2 fully saturated rings. The fourth-order valence-electron chi connectivity index (χ4n) is 1.96. The van der Waals surface area contributed by atoms with Crippen LogP contribution in [0.4, 0.5) is 0 Å². The third kappa shape index (κ3) is 2.64. The molecule has 0 bridgehead atoms. The summed E-state index contributed by atoms with van der Waals surface area (Å²) in [6, 6.07) is 0.653. The zero-order valence-corrected chi connectivity index (χ0v) is 11.2. The van der Waals surface area contributed by atoms with E-state index in [9.17, 15) is 0 Å². The van der Waals surface area contributed by atoms with E-state index in [-0.39, 0.29) is 0 Å². The molecule has 0 amide bonds. The minimum atomic E-state index is 0.486. The van der Waals surface area contributed by atoms with Crippen LogP contribution < -0.4 is 5.32 Å². The van der Waals surface area contributed by atoms with E-state index < -0.39 is 0 Å². The first-order valence-corrected chi connectivity index (χ1v) is 7.98. The van der Waals surface area contributed by atoms with Gasteiger partial charge in [0.05, 0.1) is 6.54 Å². The van der Waals surface area contributed by atoms with Crippen LogP contribution in [0.3, 0.4) is 0 Å². The molecule has 1 N–H and O–H groups in total. The van der Waals surface area contributed by atoms with Gasteiger partial charge in [0.25, 0.3) is 0 Å². The Kier molecular flexibility index (Phi) is 3.88. The number of thioether (sulfide) groups is 2. The zero-order valence-electron chi connectivity index (χ0n) is 9.58. The molecule has 0 aromatic heterocycles. The van der Waals surface area contributed by atoms with Gasteiger partial charge in [-0.15, -0.1) is 0 Å². The van der Waals surface area contributed by atoms with Gasteiger partial charge in [-0.1, -0.05) is 25.1 Å². The molecule has 1 saturated heterocycles. The van der Waals surface area contributed by atoms with Crippen LogP contribution in [0.2, 0.25) is 0 Å². The first-order valence-electron chi connectivity index (χ1n) is 5.77. The van der Waals surface area contributed by atoms with Crippen LogP contribution in [0.5, 0.6) is 0 Å².